The van der Waals surface area contributed by atoms with E-state index < -0.39 is 24.3 Å². The van der Waals surface area contributed by atoms with E-state index in [9.17, 15) is 24.3 Å². The van der Waals surface area contributed by atoms with Gasteiger partial charge in [0.15, 0.2) is 0 Å². The normalized spacial score (nSPS) is 24.1. The molecule has 8 atom stereocenters. The molecule has 2 saturated heterocycles. The summed E-state index contributed by atoms with van der Waals surface area (Å²) in [5, 5.41) is 16.5. The van der Waals surface area contributed by atoms with Crippen LogP contribution >= 0.6 is 0 Å². The van der Waals surface area contributed by atoms with E-state index in [2.05, 4.69) is 81.3 Å². The number of nitrogens with zero attached hydrogens (tertiary/aromatic N) is 4. The van der Waals surface area contributed by atoms with Crippen LogP contribution < -0.4 is 10.6 Å². The van der Waals surface area contributed by atoms with Crippen molar-refractivity contribution in [2.45, 2.75) is 88.6 Å². The predicted molar refractivity (Wildman–Crippen MR) is 212 cm³/mol. The molecule has 14 heteroatoms. The van der Waals surface area contributed by atoms with Gasteiger partial charge in [0.05, 0.1) is 30.6 Å². The van der Waals surface area contributed by atoms with Crippen LogP contribution in [-0.2, 0) is 14.3 Å². The van der Waals surface area contributed by atoms with Gasteiger partial charge in [-0.2, -0.15) is 0 Å². The molecule has 0 bridgehead atoms. The molecule has 0 unspecified atom stereocenters. The highest BCUT2D eigenvalue weighted by atomic mass is 16.5. The number of aromatic nitrogens is 4. The Kier molecular flexibility index (Phi) is 9.21. The number of likely N-dealkylation sites (tertiary alicyclic amines) is 2. The maximum Gasteiger partial charge on any atom is 0.407 e. The minimum atomic E-state index is -1.20. The number of carbonyl (C=O) groups is 4. The van der Waals surface area contributed by atoms with Gasteiger partial charge in [-0.1, -0.05) is 62.4 Å². The number of amides is 4. The molecule has 294 valence electrons. The Balaban J connectivity index is 0.880. The van der Waals surface area contributed by atoms with E-state index >= 15 is 0 Å². The first kappa shape index (κ1) is 36.5. The van der Waals surface area contributed by atoms with Crippen molar-refractivity contribution in [1.82, 2.24) is 40.4 Å². The van der Waals surface area contributed by atoms with Crippen molar-refractivity contribution in [2.75, 3.05) is 7.11 Å². The minimum absolute atomic E-state index is 0.0982. The molecule has 5 aromatic rings. The second-order valence-electron chi connectivity index (χ2n) is 15.8. The maximum absolute atomic E-state index is 13.6. The van der Waals surface area contributed by atoms with Crippen LogP contribution in [0, 0.1) is 11.8 Å². The molecular formula is C43H46N8O6. The fraction of sp³-hybridized carbons (Fsp3) is 0.395. The van der Waals surface area contributed by atoms with Crippen LogP contribution in [0.1, 0.15) is 76.1 Å². The Morgan fingerprint density at radius 1 is 0.702 bits per heavy atom. The smallest absolute Gasteiger partial charge is 0.407 e. The number of nitrogens with one attached hydrogen (secondary N) is 4. The molecule has 0 spiro atoms. The fourth-order valence-corrected chi connectivity index (χ4v) is 9.15. The summed E-state index contributed by atoms with van der Waals surface area (Å²) in [6.45, 7) is 3.69. The van der Waals surface area contributed by atoms with Crippen LogP contribution in [-0.4, -0.2) is 90.1 Å². The molecule has 4 heterocycles. The summed E-state index contributed by atoms with van der Waals surface area (Å²) in [6, 6.07) is 19.5. The summed E-state index contributed by atoms with van der Waals surface area (Å²) in [6.07, 6.45) is 6.42. The zero-order valence-corrected chi connectivity index (χ0v) is 32.1. The lowest BCUT2D eigenvalue weighted by molar-refractivity contribution is -0.136. The van der Waals surface area contributed by atoms with Crippen LogP contribution in [0.4, 0.5) is 9.59 Å². The molecule has 2 aliphatic carbocycles. The van der Waals surface area contributed by atoms with Gasteiger partial charge in [-0.05, 0) is 84.4 Å². The Labute approximate surface area is 329 Å². The quantitative estimate of drug-likeness (QED) is 0.0972. The van der Waals surface area contributed by atoms with Crippen molar-refractivity contribution in [3.05, 3.63) is 84.7 Å². The fourth-order valence-electron chi connectivity index (χ4n) is 9.15. The van der Waals surface area contributed by atoms with Crippen LogP contribution in [0.15, 0.2) is 73.1 Å². The number of hydrogen-bond acceptors (Lipinski definition) is 7. The first-order valence-corrected chi connectivity index (χ1v) is 19.9. The largest absolute Gasteiger partial charge is 0.465 e. The van der Waals surface area contributed by atoms with E-state index in [1.165, 1.54) is 7.11 Å². The monoisotopic (exact) mass is 770 g/mol. The third kappa shape index (κ3) is 6.76. The number of rotatable bonds is 11. The first-order chi connectivity index (χ1) is 27.6. The highest BCUT2D eigenvalue weighted by molar-refractivity contribution is 5.91. The molecule has 4 fully saturated rings. The average Bonchev–Trinajstić information content (AvgIpc) is 3.82. The van der Waals surface area contributed by atoms with Gasteiger partial charge in [0.1, 0.15) is 23.7 Å². The van der Waals surface area contributed by atoms with Gasteiger partial charge in [0.2, 0.25) is 11.8 Å². The van der Waals surface area contributed by atoms with Crippen molar-refractivity contribution in [3.8, 4) is 33.6 Å². The molecule has 0 radical (unpaired) electrons. The van der Waals surface area contributed by atoms with E-state index in [1.807, 2.05) is 36.0 Å². The molecule has 4 aliphatic rings. The summed E-state index contributed by atoms with van der Waals surface area (Å²) in [5.74, 6) is 2.08. The number of alkyl carbamates (subject to hydrolysis) is 1. The molecule has 2 aromatic heterocycles. The number of methoxy groups -OCH3 is 1. The van der Waals surface area contributed by atoms with Crippen molar-refractivity contribution >= 4 is 34.8 Å². The van der Waals surface area contributed by atoms with Gasteiger partial charge in [-0.25, -0.2) is 19.6 Å². The number of aromatic amines is 2. The van der Waals surface area contributed by atoms with Crippen molar-refractivity contribution in [2.24, 2.45) is 11.8 Å². The summed E-state index contributed by atoms with van der Waals surface area (Å²) < 4.78 is 4.75. The SMILES string of the molecule is CC[C@H](NC(=O)O)C(=O)N1[C@@H]2C[C@@H]2C[C@H]1c1nc(-c2ccc(-c3ccc4cc(-c5c[nH]c([C@@H]6C[C@@H]7C[C@H]7N6C(=O)[C@H](CC)NC(=O)OC)n5)ccc4c3)cc2)c[nH]1. The van der Waals surface area contributed by atoms with Crippen LogP contribution in [0.2, 0.25) is 0 Å². The molecule has 4 amide bonds. The third-order valence-corrected chi connectivity index (χ3v) is 12.4. The maximum atomic E-state index is 13.6. The number of carbonyl (C=O) groups excluding carboxylic acids is 3. The summed E-state index contributed by atoms with van der Waals surface area (Å²) in [7, 11) is 1.30. The lowest BCUT2D eigenvalue weighted by atomic mass is 9.98. The molecule has 57 heavy (non-hydrogen) atoms. The van der Waals surface area contributed by atoms with E-state index in [0.717, 1.165) is 81.7 Å². The van der Waals surface area contributed by atoms with Crippen LogP contribution in [0.25, 0.3) is 44.4 Å². The molecule has 9 rings (SSSR count). The zero-order valence-electron chi connectivity index (χ0n) is 32.1. The molecule has 14 nitrogen and oxygen atoms in total. The minimum Gasteiger partial charge on any atom is -0.465 e. The van der Waals surface area contributed by atoms with Gasteiger partial charge in [-0.15, -0.1) is 0 Å². The van der Waals surface area contributed by atoms with Crippen LogP contribution in [0.3, 0.4) is 0 Å². The molecule has 2 aliphatic heterocycles. The second-order valence-corrected chi connectivity index (χ2v) is 15.8. The summed E-state index contributed by atoms with van der Waals surface area (Å²) in [5.41, 5.74) is 5.69. The van der Waals surface area contributed by atoms with Crippen molar-refractivity contribution in [3.63, 3.8) is 0 Å². The number of hydrogen-bond donors (Lipinski definition) is 5. The molecule has 2 saturated carbocycles. The highest BCUT2D eigenvalue weighted by Gasteiger charge is 2.57. The highest BCUT2D eigenvalue weighted by Crippen LogP contribution is 2.54. The van der Waals surface area contributed by atoms with Gasteiger partial charge in [0, 0.05) is 35.6 Å². The molecular weight excluding hydrogens is 725 g/mol. The number of benzene rings is 3. The van der Waals surface area contributed by atoms with Crippen LogP contribution in [0.5, 0.6) is 0 Å². The third-order valence-electron chi connectivity index (χ3n) is 12.4. The number of carboxylic acid groups (broad SMARTS) is 1. The van der Waals surface area contributed by atoms with E-state index in [1.54, 1.807) is 0 Å². The Morgan fingerprint density at radius 2 is 1.18 bits per heavy atom. The number of H-pyrrole nitrogens is 2. The predicted octanol–water partition coefficient (Wildman–Crippen LogP) is 6.79. The Morgan fingerprint density at radius 3 is 1.70 bits per heavy atom. The Bertz CT molecular complexity index is 2370. The van der Waals surface area contributed by atoms with Gasteiger partial charge in [-0.3, -0.25) is 9.59 Å². The van der Waals surface area contributed by atoms with E-state index in [4.69, 9.17) is 14.7 Å². The molecule has 3 aromatic carbocycles. The standard InChI is InChI=1S/C43H46N8O6/c1-4-30(48-42(54)55)40(52)50-34-16-28(34)18-36(50)38-44-20-32(46-38)23-8-6-22(7-9-23)24-10-11-26-15-27(13-12-25(26)14-24)33-21-45-39(47-33)37-19-29-17-35(29)51(37)41(53)31(5-2)49-43(56)57-3/h6-15,20-21,28-31,34-37,48H,4-5,16-19H2,1-3H3,(H,44,46)(H,45,47)(H,49,56)(H,54,55)/t28-,29+,30+,31+,34-,35-,36+,37+/m1/s1. The summed E-state index contributed by atoms with van der Waals surface area (Å²) in [4.78, 5) is 70.5. The van der Waals surface area contributed by atoms with E-state index in [0.29, 0.717) is 24.7 Å². The van der Waals surface area contributed by atoms with Gasteiger partial charge in [0.25, 0.3) is 0 Å². The first-order valence-electron chi connectivity index (χ1n) is 19.9. The van der Waals surface area contributed by atoms with Gasteiger partial charge >= 0.3 is 12.2 Å². The average molecular weight is 771 g/mol. The van der Waals surface area contributed by atoms with E-state index in [-0.39, 0.29) is 36.0 Å². The lowest BCUT2D eigenvalue weighted by Gasteiger charge is -2.30. The second kappa shape index (κ2) is 14.4. The Hall–Kier alpha value is -6.18. The summed E-state index contributed by atoms with van der Waals surface area (Å²) >= 11 is 0. The lowest BCUT2D eigenvalue weighted by Crippen LogP contribution is -2.49. The van der Waals surface area contributed by atoms with Crippen molar-refractivity contribution < 1.29 is 29.0 Å². The number of ether oxygens (including phenoxy) is 1. The topological polar surface area (TPSA) is 186 Å². The van der Waals surface area contributed by atoms with Crippen molar-refractivity contribution in [1.29, 1.82) is 0 Å². The number of piperidine rings is 2. The number of imidazole rings is 2. The number of fused-ring (bicyclic) bond motifs is 3. The molecule has 5 N–H and O–H groups in total. The van der Waals surface area contributed by atoms with Gasteiger partial charge < -0.3 is 40.2 Å². The zero-order chi connectivity index (χ0) is 39.5.